The van der Waals surface area contributed by atoms with Crippen molar-refractivity contribution in [3.05, 3.63) is 71.9 Å². The van der Waals surface area contributed by atoms with Crippen LogP contribution in [0.25, 0.3) is 0 Å². The Balaban J connectivity index is 1.37. The van der Waals surface area contributed by atoms with Gasteiger partial charge in [0.1, 0.15) is 11.9 Å². The van der Waals surface area contributed by atoms with Crippen LogP contribution in [0.2, 0.25) is 0 Å². The molecule has 2 aliphatic heterocycles. The van der Waals surface area contributed by atoms with Crippen LogP contribution in [0, 0.1) is 11.3 Å². The Kier molecular flexibility index (Phi) is 6.75. The van der Waals surface area contributed by atoms with E-state index >= 15 is 0 Å². The van der Waals surface area contributed by atoms with Gasteiger partial charge in [0, 0.05) is 49.3 Å². The molecule has 3 aromatic rings. The average Bonchev–Trinajstić information content (AvgIpc) is 2.93. The molecule has 1 aromatic heterocycles. The van der Waals surface area contributed by atoms with Gasteiger partial charge in [-0.05, 0) is 62.2 Å². The Morgan fingerprint density at radius 2 is 1.84 bits per heavy atom. The van der Waals surface area contributed by atoms with E-state index in [-0.39, 0.29) is 23.9 Å². The Bertz CT molecular complexity index is 1360. The van der Waals surface area contributed by atoms with E-state index in [1.807, 2.05) is 19.1 Å². The lowest BCUT2D eigenvalue weighted by atomic mass is 10.00. The number of nitrogens with zero attached hydrogens (tertiary/aromatic N) is 4. The Morgan fingerprint density at radius 1 is 1.08 bits per heavy atom. The molecule has 2 aromatic carbocycles. The molecule has 9 nitrogen and oxygen atoms in total. The maximum atomic E-state index is 12.9. The van der Waals surface area contributed by atoms with Crippen LogP contribution in [-0.4, -0.2) is 49.1 Å². The first-order valence-electron chi connectivity index (χ1n) is 12.3. The van der Waals surface area contributed by atoms with Gasteiger partial charge < -0.3 is 25.2 Å². The van der Waals surface area contributed by atoms with Gasteiger partial charge in [0.05, 0.1) is 29.2 Å². The van der Waals surface area contributed by atoms with E-state index in [1.54, 1.807) is 60.6 Å². The maximum absolute atomic E-state index is 12.9. The smallest absolute Gasteiger partial charge is 0.255 e. The molecule has 1 saturated heterocycles. The number of hydrogen-bond acceptors (Lipinski definition) is 7. The van der Waals surface area contributed by atoms with E-state index in [9.17, 15) is 9.59 Å². The van der Waals surface area contributed by atoms with Gasteiger partial charge in [-0.25, -0.2) is 4.98 Å². The molecule has 1 unspecified atom stereocenters. The molecule has 0 radical (unpaired) electrons. The van der Waals surface area contributed by atoms with Crippen LogP contribution in [0.1, 0.15) is 35.7 Å². The zero-order valence-electron chi connectivity index (χ0n) is 20.8. The number of aromatic nitrogens is 1. The van der Waals surface area contributed by atoms with Gasteiger partial charge in [-0.3, -0.25) is 9.59 Å². The lowest BCUT2D eigenvalue weighted by Gasteiger charge is -2.45. The molecule has 5 rings (SSSR count). The molecule has 9 heteroatoms. The highest BCUT2D eigenvalue weighted by Gasteiger charge is 2.38. The number of benzene rings is 2. The SMILES string of the molecule is CC1C(=O)N(C)c2cnc(Nc3cccc(C(=O)Nc4ccc(C#N)cc4)c3)cc2N1C1CCOCC1. The standard InChI is InChI=1S/C28H28N6O3/c1-18-28(36)33(2)25-17-30-26(15-24(25)34(18)23-10-12-37-13-11-23)31-22-5-3-4-20(14-22)27(35)32-21-8-6-19(16-29)7-9-21/h3-9,14-15,17-18,23H,10-13H2,1-2H3,(H,30,31)(H,32,35). The second-order valence-electron chi connectivity index (χ2n) is 9.23. The molecule has 0 bridgehead atoms. The summed E-state index contributed by atoms with van der Waals surface area (Å²) in [5, 5.41) is 15.1. The normalized spacial score (nSPS) is 17.6. The first kappa shape index (κ1) is 24.3. The second kappa shape index (κ2) is 10.3. The van der Waals surface area contributed by atoms with Crippen molar-refractivity contribution in [1.29, 1.82) is 5.26 Å². The Labute approximate surface area is 215 Å². The fourth-order valence-electron chi connectivity index (χ4n) is 4.89. The van der Waals surface area contributed by atoms with Crippen molar-refractivity contribution < 1.29 is 14.3 Å². The number of fused-ring (bicyclic) bond motifs is 1. The number of nitriles is 1. The Morgan fingerprint density at radius 3 is 2.57 bits per heavy atom. The van der Waals surface area contributed by atoms with Crippen LogP contribution in [0.15, 0.2) is 60.8 Å². The topological polar surface area (TPSA) is 111 Å². The molecule has 2 N–H and O–H groups in total. The van der Waals surface area contributed by atoms with E-state index in [0.29, 0.717) is 41.5 Å². The molecule has 0 saturated carbocycles. The van der Waals surface area contributed by atoms with Crippen molar-refractivity contribution >= 4 is 40.4 Å². The van der Waals surface area contributed by atoms with Gasteiger partial charge in [0.25, 0.3) is 5.91 Å². The summed E-state index contributed by atoms with van der Waals surface area (Å²) in [6.45, 7) is 3.31. The lowest BCUT2D eigenvalue weighted by Crippen LogP contribution is -2.55. The largest absolute Gasteiger partial charge is 0.381 e. The highest BCUT2D eigenvalue weighted by molar-refractivity contribution is 6.06. The van der Waals surface area contributed by atoms with Gasteiger partial charge in [0.2, 0.25) is 5.91 Å². The molecule has 2 amide bonds. The van der Waals surface area contributed by atoms with Gasteiger partial charge in [-0.15, -0.1) is 0 Å². The van der Waals surface area contributed by atoms with Gasteiger partial charge in [0.15, 0.2) is 0 Å². The minimum atomic E-state index is -0.287. The average molecular weight is 497 g/mol. The first-order chi connectivity index (χ1) is 17.9. The third kappa shape index (κ3) is 4.97. The van der Waals surface area contributed by atoms with E-state index in [1.165, 1.54) is 0 Å². The van der Waals surface area contributed by atoms with Crippen molar-refractivity contribution in [2.75, 3.05) is 40.7 Å². The van der Waals surface area contributed by atoms with Gasteiger partial charge in [-0.2, -0.15) is 5.26 Å². The summed E-state index contributed by atoms with van der Waals surface area (Å²) < 4.78 is 5.55. The number of ether oxygens (including phenoxy) is 1. The molecule has 188 valence electrons. The van der Waals surface area contributed by atoms with Crippen molar-refractivity contribution in [3.8, 4) is 6.07 Å². The predicted molar refractivity (Wildman–Crippen MR) is 142 cm³/mol. The van der Waals surface area contributed by atoms with E-state index < -0.39 is 0 Å². The van der Waals surface area contributed by atoms with E-state index in [2.05, 4.69) is 26.6 Å². The van der Waals surface area contributed by atoms with Crippen molar-refractivity contribution in [2.24, 2.45) is 0 Å². The number of likely N-dealkylation sites (N-methyl/N-ethyl adjacent to an activating group) is 1. The quantitative estimate of drug-likeness (QED) is 0.542. The van der Waals surface area contributed by atoms with Gasteiger partial charge in [-0.1, -0.05) is 6.07 Å². The molecule has 2 aliphatic rings. The molecule has 1 atom stereocenters. The first-order valence-corrected chi connectivity index (χ1v) is 12.3. The number of hydrogen-bond donors (Lipinski definition) is 2. The zero-order chi connectivity index (χ0) is 25.9. The van der Waals surface area contributed by atoms with Crippen molar-refractivity contribution in [3.63, 3.8) is 0 Å². The van der Waals surface area contributed by atoms with Crippen LogP contribution in [0.3, 0.4) is 0 Å². The number of nitrogens with one attached hydrogen (secondary N) is 2. The monoisotopic (exact) mass is 496 g/mol. The van der Waals surface area contributed by atoms with Crippen molar-refractivity contribution in [1.82, 2.24) is 4.98 Å². The minimum absolute atomic E-state index is 0.0440. The number of carbonyl (C=O) groups is 2. The van der Waals surface area contributed by atoms with Crippen LogP contribution in [0.4, 0.5) is 28.6 Å². The van der Waals surface area contributed by atoms with E-state index in [4.69, 9.17) is 10.00 Å². The number of carbonyl (C=O) groups excluding carboxylic acids is 2. The fraction of sp³-hybridized carbons (Fsp3) is 0.286. The Hall–Kier alpha value is -4.42. The van der Waals surface area contributed by atoms with Crippen LogP contribution in [-0.2, 0) is 9.53 Å². The number of amides is 2. The third-order valence-electron chi connectivity index (χ3n) is 6.86. The van der Waals surface area contributed by atoms with E-state index in [0.717, 1.165) is 24.2 Å². The molecular weight excluding hydrogens is 468 g/mol. The molecule has 1 fully saturated rings. The molecular formula is C28H28N6O3. The summed E-state index contributed by atoms with van der Waals surface area (Å²) in [5.74, 6) is 0.407. The second-order valence-corrected chi connectivity index (χ2v) is 9.23. The zero-order valence-corrected chi connectivity index (χ0v) is 20.8. The molecule has 0 aliphatic carbocycles. The van der Waals surface area contributed by atoms with Gasteiger partial charge >= 0.3 is 0 Å². The number of pyridine rings is 1. The van der Waals surface area contributed by atoms with Crippen LogP contribution in [0.5, 0.6) is 0 Å². The summed E-state index contributed by atoms with van der Waals surface area (Å²) in [5.41, 5.74) is 4.06. The number of anilines is 5. The van der Waals surface area contributed by atoms with Crippen LogP contribution < -0.4 is 20.4 Å². The summed E-state index contributed by atoms with van der Waals surface area (Å²) in [7, 11) is 1.78. The molecule has 3 heterocycles. The van der Waals surface area contributed by atoms with Crippen molar-refractivity contribution in [2.45, 2.75) is 31.8 Å². The summed E-state index contributed by atoms with van der Waals surface area (Å²) in [6, 6.07) is 17.8. The molecule has 0 spiro atoms. The highest BCUT2D eigenvalue weighted by atomic mass is 16.5. The predicted octanol–water partition coefficient (Wildman–Crippen LogP) is 4.30. The number of rotatable bonds is 5. The minimum Gasteiger partial charge on any atom is -0.381 e. The third-order valence-corrected chi connectivity index (χ3v) is 6.86. The summed E-state index contributed by atoms with van der Waals surface area (Å²) >= 11 is 0. The summed E-state index contributed by atoms with van der Waals surface area (Å²) in [4.78, 5) is 34.2. The highest BCUT2D eigenvalue weighted by Crippen LogP contribution is 2.39. The molecule has 37 heavy (non-hydrogen) atoms. The summed E-state index contributed by atoms with van der Waals surface area (Å²) in [6.07, 6.45) is 3.44. The maximum Gasteiger partial charge on any atom is 0.255 e. The lowest BCUT2D eigenvalue weighted by molar-refractivity contribution is -0.119. The van der Waals surface area contributed by atoms with Crippen LogP contribution >= 0.6 is 0 Å². The fourth-order valence-corrected chi connectivity index (χ4v) is 4.89.